The number of rotatable bonds is 3. The van der Waals surface area contributed by atoms with Gasteiger partial charge in [-0.2, -0.15) is 0 Å². The Hall–Kier alpha value is -0.980. The lowest BCUT2D eigenvalue weighted by molar-refractivity contribution is 0.395. The molecule has 1 saturated heterocycles. The summed E-state index contributed by atoms with van der Waals surface area (Å²) < 4.78 is 0. The molecule has 1 aromatic carbocycles. The van der Waals surface area contributed by atoms with E-state index < -0.39 is 0 Å². The van der Waals surface area contributed by atoms with E-state index in [1.807, 2.05) is 0 Å². The van der Waals surface area contributed by atoms with Crippen LogP contribution in [-0.4, -0.2) is 13.1 Å². The number of hydrogen-bond acceptors (Lipinski definition) is 1. The Morgan fingerprint density at radius 1 is 1.12 bits per heavy atom. The van der Waals surface area contributed by atoms with Gasteiger partial charge in [-0.1, -0.05) is 39.3 Å². The van der Waals surface area contributed by atoms with Gasteiger partial charge in [0.05, 0.1) is 0 Å². The highest BCUT2D eigenvalue weighted by molar-refractivity contribution is 5.48. The van der Waals surface area contributed by atoms with Gasteiger partial charge >= 0.3 is 0 Å². The first-order valence-corrected chi connectivity index (χ1v) is 7.05. The Bertz CT molecular complexity index is 331. The summed E-state index contributed by atoms with van der Waals surface area (Å²) >= 11 is 0. The third-order valence-corrected chi connectivity index (χ3v) is 4.12. The lowest BCUT2D eigenvalue weighted by atomic mass is 9.94. The summed E-state index contributed by atoms with van der Waals surface area (Å²) in [5.41, 5.74) is 2.85. The zero-order chi connectivity index (χ0) is 12.3. The molecule has 0 aromatic heterocycles. The molecule has 0 amide bonds. The second kappa shape index (κ2) is 5.57. The monoisotopic (exact) mass is 231 g/mol. The lowest BCUT2D eigenvalue weighted by Gasteiger charge is -2.33. The van der Waals surface area contributed by atoms with Gasteiger partial charge < -0.3 is 4.90 Å². The topological polar surface area (TPSA) is 3.24 Å². The molecule has 2 rings (SSSR count). The van der Waals surface area contributed by atoms with Gasteiger partial charge in [-0.3, -0.25) is 0 Å². The maximum Gasteiger partial charge on any atom is 0.0366 e. The standard InChI is InChI=1S/C16H25N/c1-4-14-9-11-17(12-10-14)16-7-5-15(6-8-16)13(2)3/h5-8,13-14H,4,9-12H2,1-3H3. The van der Waals surface area contributed by atoms with Crippen molar-refractivity contribution in [2.45, 2.75) is 46.0 Å². The van der Waals surface area contributed by atoms with E-state index in [4.69, 9.17) is 0 Å². The molecular weight excluding hydrogens is 206 g/mol. The second-order valence-corrected chi connectivity index (χ2v) is 5.58. The van der Waals surface area contributed by atoms with Crippen molar-refractivity contribution >= 4 is 5.69 Å². The van der Waals surface area contributed by atoms with Gasteiger partial charge in [-0.25, -0.2) is 0 Å². The number of benzene rings is 1. The van der Waals surface area contributed by atoms with Crippen LogP contribution in [0.5, 0.6) is 0 Å². The predicted molar refractivity (Wildman–Crippen MR) is 75.8 cm³/mol. The molecule has 17 heavy (non-hydrogen) atoms. The van der Waals surface area contributed by atoms with E-state index in [0.717, 1.165) is 5.92 Å². The molecule has 1 aromatic rings. The summed E-state index contributed by atoms with van der Waals surface area (Å²) in [4.78, 5) is 2.54. The molecule has 0 bridgehead atoms. The third-order valence-electron chi connectivity index (χ3n) is 4.12. The van der Waals surface area contributed by atoms with Gasteiger partial charge in [-0.05, 0) is 42.4 Å². The van der Waals surface area contributed by atoms with E-state index in [-0.39, 0.29) is 0 Å². The van der Waals surface area contributed by atoms with Crippen LogP contribution < -0.4 is 4.90 Å². The van der Waals surface area contributed by atoms with Gasteiger partial charge in [0.25, 0.3) is 0 Å². The van der Waals surface area contributed by atoms with Crippen LogP contribution in [0.4, 0.5) is 5.69 Å². The highest BCUT2D eigenvalue weighted by atomic mass is 15.1. The van der Waals surface area contributed by atoms with Crippen molar-refractivity contribution in [1.82, 2.24) is 0 Å². The summed E-state index contributed by atoms with van der Waals surface area (Å²) in [6, 6.07) is 9.15. The highest BCUT2D eigenvalue weighted by Crippen LogP contribution is 2.26. The van der Waals surface area contributed by atoms with Gasteiger partial charge in [0.2, 0.25) is 0 Å². The summed E-state index contributed by atoms with van der Waals surface area (Å²) in [6.07, 6.45) is 4.07. The summed E-state index contributed by atoms with van der Waals surface area (Å²) in [6.45, 7) is 9.29. The van der Waals surface area contributed by atoms with E-state index in [9.17, 15) is 0 Å². The summed E-state index contributed by atoms with van der Waals surface area (Å²) in [5, 5.41) is 0. The summed E-state index contributed by atoms with van der Waals surface area (Å²) in [7, 11) is 0. The van der Waals surface area contributed by atoms with Crippen molar-refractivity contribution in [2.75, 3.05) is 18.0 Å². The maximum atomic E-state index is 2.54. The quantitative estimate of drug-likeness (QED) is 0.743. The molecule has 0 N–H and O–H groups in total. The van der Waals surface area contributed by atoms with Crippen LogP contribution in [0, 0.1) is 5.92 Å². The average molecular weight is 231 g/mol. The number of hydrogen-bond donors (Lipinski definition) is 0. The SMILES string of the molecule is CCC1CCN(c2ccc(C(C)C)cc2)CC1. The molecule has 0 aliphatic carbocycles. The fraction of sp³-hybridized carbons (Fsp3) is 0.625. The Kier molecular flexibility index (Phi) is 4.09. The molecule has 1 nitrogen and oxygen atoms in total. The molecule has 1 aliphatic heterocycles. The predicted octanol–water partition coefficient (Wildman–Crippen LogP) is 4.44. The number of anilines is 1. The van der Waals surface area contributed by atoms with E-state index >= 15 is 0 Å². The minimum atomic E-state index is 0.634. The molecule has 1 heteroatoms. The lowest BCUT2D eigenvalue weighted by Crippen LogP contribution is -2.33. The molecule has 0 radical (unpaired) electrons. The molecule has 94 valence electrons. The Balaban J connectivity index is 1.99. The van der Waals surface area contributed by atoms with E-state index in [2.05, 4.69) is 49.9 Å². The van der Waals surface area contributed by atoms with Crippen LogP contribution >= 0.6 is 0 Å². The fourth-order valence-electron chi connectivity index (χ4n) is 2.67. The smallest absolute Gasteiger partial charge is 0.0366 e. The minimum absolute atomic E-state index is 0.634. The van der Waals surface area contributed by atoms with Crippen LogP contribution in [0.1, 0.15) is 51.5 Å². The van der Waals surface area contributed by atoms with Crippen molar-refractivity contribution in [2.24, 2.45) is 5.92 Å². The van der Waals surface area contributed by atoms with Crippen molar-refractivity contribution in [1.29, 1.82) is 0 Å². The van der Waals surface area contributed by atoms with Gasteiger partial charge in [0, 0.05) is 18.8 Å². The van der Waals surface area contributed by atoms with Crippen molar-refractivity contribution in [3.8, 4) is 0 Å². The molecule has 0 atom stereocenters. The van der Waals surface area contributed by atoms with Crippen LogP contribution in [0.15, 0.2) is 24.3 Å². The molecule has 0 saturated carbocycles. The zero-order valence-corrected chi connectivity index (χ0v) is 11.4. The molecule has 1 fully saturated rings. The Labute approximate surface area is 106 Å². The third kappa shape index (κ3) is 3.02. The van der Waals surface area contributed by atoms with Crippen LogP contribution in [0.25, 0.3) is 0 Å². The largest absolute Gasteiger partial charge is 0.372 e. The van der Waals surface area contributed by atoms with Gasteiger partial charge in [0.1, 0.15) is 0 Å². The molecular formula is C16H25N. The number of nitrogens with zero attached hydrogens (tertiary/aromatic N) is 1. The normalized spacial score (nSPS) is 17.8. The fourth-order valence-corrected chi connectivity index (χ4v) is 2.67. The zero-order valence-electron chi connectivity index (χ0n) is 11.4. The first kappa shape index (κ1) is 12.5. The van der Waals surface area contributed by atoms with Crippen LogP contribution in [-0.2, 0) is 0 Å². The highest BCUT2D eigenvalue weighted by Gasteiger charge is 2.17. The molecule has 1 heterocycles. The van der Waals surface area contributed by atoms with Crippen molar-refractivity contribution in [3.63, 3.8) is 0 Å². The summed E-state index contributed by atoms with van der Waals surface area (Å²) in [5.74, 6) is 1.59. The Morgan fingerprint density at radius 3 is 2.18 bits per heavy atom. The van der Waals surface area contributed by atoms with Gasteiger partial charge in [-0.15, -0.1) is 0 Å². The maximum absolute atomic E-state index is 2.54. The van der Waals surface area contributed by atoms with E-state index in [0.29, 0.717) is 5.92 Å². The van der Waals surface area contributed by atoms with Crippen LogP contribution in [0.3, 0.4) is 0 Å². The van der Waals surface area contributed by atoms with E-state index in [1.165, 1.54) is 43.6 Å². The van der Waals surface area contributed by atoms with Crippen molar-refractivity contribution in [3.05, 3.63) is 29.8 Å². The molecule has 0 spiro atoms. The second-order valence-electron chi connectivity index (χ2n) is 5.58. The van der Waals surface area contributed by atoms with Gasteiger partial charge in [0.15, 0.2) is 0 Å². The molecule has 1 aliphatic rings. The van der Waals surface area contributed by atoms with Crippen LogP contribution in [0.2, 0.25) is 0 Å². The molecule has 0 unspecified atom stereocenters. The average Bonchev–Trinajstić information content (AvgIpc) is 2.39. The van der Waals surface area contributed by atoms with E-state index in [1.54, 1.807) is 0 Å². The Morgan fingerprint density at radius 2 is 1.71 bits per heavy atom. The number of piperidine rings is 1. The first-order valence-electron chi connectivity index (χ1n) is 7.05. The van der Waals surface area contributed by atoms with Crippen molar-refractivity contribution < 1.29 is 0 Å². The minimum Gasteiger partial charge on any atom is -0.372 e. The first-order chi connectivity index (χ1) is 8.20.